The average molecular weight is 183 g/mol. The van der Waals surface area contributed by atoms with Crippen LogP contribution in [-0.4, -0.2) is 11.2 Å². The summed E-state index contributed by atoms with van der Waals surface area (Å²) in [4.78, 5) is 11.3. The van der Waals surface area contributed by atoms with Crippen molar-refractivity contribution >= 4 is 17.9 Å². The van der Waals surface area contributed by atoms with Gasteiger partial charge in [-0.2, -0.15) is 0 Å². The number of rotatable bonds is 4. The molecule has 2 aliphatic rings. The van der Waals surface area contributed by atoms with Crippen LogP contribution in [0.1, 0.15) is 19.3 Å². The van der Waals surface area contributed by atoms with Crippen LogP contribution < -0.4 is 4.72 Å². The van der Waals surface area contributed by atoms with Gasteiger partial charge in [0.1, 0.15) is 0 Å². The van der Waals surface area contributed by atoms with Gasteiger partial charge in [-0.1, -0.05) is 6.08 Å². The zero-order valence-electron chi connectivity index (χ0n) is 6.95. The van der Waals surface area contributed by atoms with Crippen LogP contribution in [0.4, 0.5) is 0 Å². The van der Waals surface area contributed by atoms with E-state index in [4.69, 9.17) is 0 Å². The molecule has 12 heavy (non-hydrogen) atoms. The third kappa shape index (κ3) is 1.83. The van der Waals surface area contributed by atoms with Gasteiger partial charge in [-0.25, -0.2) is 0 Å². The molecule has 0 spiro atoms. The van der Waals surface area contributed by atoms with Crippen molar-refractivity contribution in [3.05, 3.63) is 12.7 Å². The van der Waals surface area contributed by atoms with Crippen molar-refractivity contribution in [2.45, 2.75) is 24.5 Å². The maximum atomic E-state index is 11.3. The van der Waals surface area contributed by atoms with Gasteiger partial charge in [0.15, 0.2) is 0 Å². The lowest BCUT2D eigenvalue weighted by Crippen LogP contribution is -2.19. The van der Waals surface area contributed by atoms with Crippen LogP contribution in [-0.2, 0) is 4.79 Å². The summed E-state index contributed by atoms with van der Waals surface area (Å²) in [5.41, 5.74) is 0. The summed E-state index contributed by atoms with van der Waals surface area (Å²) in [6.45, 7) is 3.68. The quantitative estimate of drug-likeness (QED) is 0.531. The summed E-state index contributed by atoms with van der Waals surface area (Å²) in [5, 5.41) is 0.704. The fraction of sp³-hybridized carbons (Fsp3) is 0.667. The van der Waals surface area contributed by atoms with Gasteiger partial charge >= 0.3 is 0 Å². The van der Waals surface area contributed by atoms with Crippen LogP contribution in [0.3, 0.4) is 0 Å². The molecule has 2 nitrogen and oxygen atoms in total. The Morgan fingerprint density at radius 1 is 1.58 bits per heavy atom. The van der Waals surface area contributed by atoms with Crippen molar-refractivity contribution in [3.8, 4) is 0 Å². The van der Waals surface area contributed by atoms with E-state index < -0.39 is 0 Å². The fourth-order valence-electron chi connectivity index (χ4n) is 1.18. The van der Waals surface area contributed by atoms with Gasteiger partial charge in [0.25, 0.3) is 0 Å². The molecule has 0 aliphatic heterocycles. The highest BCUT2D eigenvalue weighted by Crippen LogP contribution is 2.40. The van der Waals surface area contributed by atoms with Crippen LogP contribution in [0.5, 0.6) is 0 Å². The van der Waals surface area contributed by atoms with Crippen LogP contribution in [0.2, 0.25) is 0 Å². The Balaban J connectivity index is 1.67. The fourth-order valence-corrected chi connectivity index (χ4v) is 1.99. The monoisotopic (exact) mass is 183 g/mol. The largest absolute Gasteiger partial charge is 0.300 e. The summed E-state index contributed by atoms with van der Waals surface area (Å²) in [7, 11) is 0. The van der Waals surface area contributed by atoms with E-state index in [1.54, 1.807) is 11.9 Å². The van der Waals surface area contributed by atoms with Crippen LogP contribution in [0, 0.1) is 11.8 Å². The van der Waals surface area contributed by atoms with E-state index >= 15 is 0 Å². The molecule has 0 bridgehead atoms. The molecule has 0 aromatic rings. The lowest BCUT2D eigenvalue weighted by atomic mass is 10.3. The number of allylic oxidation sites excluding steroid dienone is 1. The van der Waals surface area contributed by atoms with Gasteiger partial charge in [-0.05, 0) is 37.1 Å². The highest BCUT2D eigenvalue weighted by molar-refractivity contribution is 7.98. The van der Waals surface area contributed by atoms with Crippen molar-refractivity contribution in [1.29, 1.82) is 0 Å². The maximum absolute atomic E-state index is 11.3. The first-order chi connectivity index (χ1) is 5.81. The first-order valence-electron chi connectivity index (χ1n) is 4.39. The van der Waals surface area contributed by atoms with E-state index in [-0.39, 0.29) is 11.8 Å². The summed E-state index contributed by atoms with van der Waals surface area (Å²) < 4.78 is 2.90. The Morgan fingerprint density at radius 3 is 2.83 bits per heavy atom. The summed E-state index contributed by atoms with van der Waals surface area (Å²) in [6, 6.07) is 0. The van der Waals surface area contributed by atoms with Crippen molar-refractivity contribution in [1.82, 2.24) is 4.72 Å². The van der Waals surface area contributed by atoms with Gasteiger partial charge in [0, 0.05) is 11.2 Å². The summed E-state index contributed by atoms with van der Waals surface area (Å²) in [6.07, 6.45) is 5.41. The van der Waals surface area contributed by atoms with Gasteiger partial charge in [0.05, 0.1) is 0 Å². The Bertz CT molecular complexity index is 213. The predicted octanol–water partition coefficient (Wildman–Crippen LogP) is 1.74. The number of carbonyl (C=O) groups is 1. The molecular weight excluding hydrogens is 170 g/mol. The summed E-state index contributed by atoms with van der Waals surface area (Å²) in [5.74, 6) is 0.885. The van der Waals surface area contributed by atoms with Gasteiger partial charge < -0.3 is 0 Å². The number of hydrogen-bond donors (Lipinski definition) is 1. The zero-order chi connectivity index (χ0) is 8.55. The van der Waals surface area contributed by atoms with Crippen molar-refractivity contribution in [3.63, 3.8) is 0 Å². The molecule has 2 rings (SSSR count). The van der Waals surface area contributed by atoms with Gasteiger partial charge in [0.2, 0.25) is 5.91 Å². The van der Waals surface area contributed by atoms with Crippen molar-refractivity contribution < 1.29 is 4.79 Å². The lowest BCUT2D eigenvalue weighted by Gasteiger charge is -2.00. The molecule has 66 valence electrons. The topological polar surface area (TPSA) is 29.1 Å². The minimum Gasteiger partial charge on any atom is -0.300 e. The summed E-state index contributed by atoms with van der Waals surface area (Å²) >= 11 is 1.60. The molecule has 3 heteroatoms. The normalized spacial score (nSPS) is 32.7. The van der Waals surface area contributed by atoms with E-state index in [1.807, 2.05) is 6.08 Å². The van der Waals surface area contributed by atoms with Gasteiger partial charge in [-0.3, -0.25) is 9.52 Å². The molecule has 0 aromatic carbocycles. The Kier molecular flexibility index (Phi) is 2.13. The Hall–Kier alpha value is -0.440. The highest BCUT2D eigenvalue weighted by Gasteiger charge is 2.41. The molecule has 1 N–H and O–H groups in total. The van der Waals surface area contributed by atoms with Crippen LogP contribution in [0.25, 0.3) is 0 Å². The molecule has 2 fully saturated rings. The molecule has 2 atom stereocenters. The second kappa shape index (κ2) is 3.13. The second-order valence-electron chi connectivity index (χ2n) is 3.53. The van der Waals surface area contributed by atoms with Crippen molar-refractivity contribution in [2.75, 3.05) is 0 Å². The van der Waals surface area contributed by atoms with E-state index in [0.717, 1.165) is 6.42 Å². The predicted molar refractivity (Wildman–Crippen MR) is 50.5 cm³/mol. The smallest absolute Gasteiger partial charge is 0.233 e. The molecule has 0 saturated heterocycles. The standard InChI is InChI=1S/C9H13NOS/c1-2-6-5-8(6)9(11)10-12-7-3-4-7/h2,6-8H,1,3-5H2,(H,10,11). The minimum atomic E-state index is 0.205. The zero-order valence-corrected chi connectivity index (χ0v) is 7.77. The molecule has 0 radical (unpaired) electrons. The third-order valence-electron chi connectivity index (χ3n) is 2.33. The number of carbonyl (C=O) groups excluding carboxylic acids is 1. The minimum absolute atomic E-state index is 0.205. The van der Waals surface area contributed by atoms with E-state index in [9.17, 15) is 4.79 Å². The Labute approximate surface area is 76.9 Å². The molecule has 2 aliphatic carbocycles. The average Bonchev–Trinajstić information content (AvgIpc) is 2.94. The number of hydrogen-bond acceptors (Lipinski definition) is 2. The van der Waals surface area contributed by atoms with E-state index in [2.05, 4.69) is 11.3 Å². The van der Waals surface area contributed by atoms with E-state index in [0.29, 0.717) is 11.2 Å². The second-order valence-corrected chi connectivity index (χ2v) is 4.63. The molecule has 0 heterocycles. The van der Waals surface area contributed by atoms with Crippen molar-refractivity contribution in [2.24, 2.45) is 11.8 Å². The SMILES string of the molecule is C=CC1CC1C(=O)NSC1CC1. The molecular formula is C9H13NOS. The highest BCUT2D eigenvalue weighted by atomic mass is 32.2. The van der Waals surface area contributed by atoms with Gasteiger partial charge in [-0.15, -0.1) is 6.58 Å². The maximum Gasteiger partial charge on any atom is 0.233 e. The number of amides is 1. The molecule has 2 saturated carbocycles. The molecule has 2 unspecified atom stereocenters. The van der Waals surface area contributed by atoms with Crippen LogP contribution in [0.15, 0.2) is 12.7 Å². The Morgan fingerprint density at radius 2 is 2.33 bits per heavy atom. The molecule has 1 amide bonds. The molecule has 0 aromatic heterocycles. The van der Waals surface area contributed by atoms with E-state index in [1.165, 1.54) is 12.8 Å². The lowest BCUT2D eigenvalue weighted by molar-refractivity contribution is -0.120. The first-order valence-corrected chi connectivity index (χ1v) is 5.27. The first kappa shape index (κ1) is 8.17. The number of nitrogens with one attached hydrogen (secondary N) is 1. The van der Waals surface area contributed by atoms with Crippen LogP contribution >= 0.6 is 11.9 Å². The third-order valence-corrected chi connectivity index (χ3v) is 3.45.